The van der Waals surface area contributed by atoms with Crippen molar-refractivity contribution in [1.29, 1.82) is 0 Å². The van der Waals surface area contributed by atoms with Gasteiger partial charge in [0.15, 0.2) is 0 Å². The van der Waals surface area contributed by atoms with Gasteiger partial charge in [-0.05, 0) is 31.0 Å². The van der Waals surface area contributed by atoms with Crippen molar-refractivity contribution in [3.8, 4) is 11.4 Å². The summed E-state index contributed by atoms with van der Waals surface area (Å²) in [6.07, 6.45) is 0. The third kappa shape index (κ3) is 3.82. The Morgan fingerprint density at radius 3 is 2.36 bits per heavy atom. The van der Waals surface area contributed by atoms with E-state index in [-0.39, 0.29) is 5.91 Å². The van der Waals surface area contributed by atoms with Crippen LogP contribution in [0.25, 0.3) is 11.4 Å². The molecule has 144 valence electrons. The Kier molecular flexibility index (Phi) is 5.21. The van der Waals surface area contributed by atoms with E-state index in [2.05, 4.69) is 15.0 Å². The number of aryl methyl sites for hydroxylation is 2. The van der Waals surface area contributed by atoms with E-state index in [4.69, 9.17) is 4.52 Å². The molecule has 0 saturated carbocycles. The number of amides is 1. The third-order valence-electron chi connectivity index (χ3n) is 5.25. The predicted octanol–water partition coefficient (Wildman–Crippen LogP) is 3.31. The predicted molar refractivity (Wildman–Crippen MR) is 107 cm³/mol. The molecule has 0 unspecified atom stereocenters. The zero-order valence-electron chi connectivity index (χ0n) is 16.3. The van der Waals surface area contributed by atoms with Crippen molar-refractivity contribution in [2.45, 2.75) is 20.4 Å². The molecule has 1 aromatic heterocycles. The first kappa shape index (κ1) is 18.4. The van der Waals surface area contributed by atoms with Crippen LogP contribution in [0.2, 0.25) is 0 Å². The molecule has 28 heavy (non-hydrogen) atoms. The standard InChI is InChI=1S/C22H24N4O2/c1-16-7-3-5-9-18(16)21-23-20(28-24-21)15-25-11-13-26(14-12-25)22(27)19-10-6-4-8-17(19)2/h3-10H,11-15H2,1-2H3. The average molecular weight is 376 g/mol. The first-order chi connectivity index (χ1) is 13.6. The van der Waals surface area contributed by atoms with Crippen LogP contribution in [0.1, 0.15) is 27.4 Å². The summed E-state index contributed by atoms with van der Waals surface area (Å²) in [6.45, 7) is 7.60. The second kappa shape index (κ2) is 7.94. The highest BCUT2D eigenvalue weighted by atomic mass is 16.5. The molecule has 0 spiro atoms. The van der Waals surface area contributed by atoms with Gasteiger partial charge in [0.1, 0.15) is 0 Å². The zero-order chi connectivity index (χ0) is 19.5. The Bertz CT molecular complexity index is 974. The van der Waals surface area contributed by atoms with Crippen LogP contribution in [0.5, 0.6) is 0 Å². The highest BCUT2D eigenvalue weighted by molar-refractivity contribution is 5.95. The van der Waals surface area contributed by atoms with Gasteiger partial charge in [0.2, 0.25) is 11.7 Å². The molecule has 0 radical (unpaired) electrons. The number of hydrogen-bond donors (Lipinski definition) is 0. The molecule has 1 amide bonds. The molecule has 1 aliphatic rings. The van der Waals surface area contributed by atoms with Gasteiger partial charge in [0.05, 0.1) is 6.54 Å². The van der Waals surface area contributed by atoms with Crippen molar-refractivity contribution in [2.24, 2.45) is 0 Å². The molecule has 0 atom stereocenters. The van der Waals surface area contributed by atoms with Gasteiger partial charge in [-0.3, -0.25) is 9.69 Å². The number of piperazine rings is 1. The number of hydrogen-bond acceptors (Lipinski definition) is 5. The van der Waals surface area contributed by atoms with Gasteiger partial charge in [0, 0.05) is 37.3 Å². The summed E-state index contributed by atoms with van der Waals surface area (Å²) in [4.78, 5) is 21.5. The largest absolute Gasteiger partial charge is 0.338 e. The Balaban J connectivity index is 1.36. The number of carbonyl (C=O) groups excluding carboxylic acids is 1. The molecule has 0 aliphatic carbocycles. The summed E-state index contributed by atoms with van der Waals surface area (Å²) in [7, 11) is 0. The van der Waals surface area contributed by atoms with Crippen LogP contribution in [-0.4, -0.2) is 52.0 Å². The van der Waals surface area contributed by atoms with Crippen molar-refractivity contribution in [3.63, 3.8) is 0 Å². The lowest BCUT2D eigenvalue weighted by molar-refractivity contribution is 0.0614. The lowest BCUT2D eigenvalue weighted by atomic mass is 10.1. The molecule has 4 rings (SSSR count). The van der Waals surface area contributed by atoms with Gasteiger partial charge in [0.25, 0.3) is 5.91 Å². The summed E-state index contributed by atoms with van der Waals surface area (Å²) < 4.78 is 5.45. The minimum Gasteiger partial charge on any atom is -0.338 e. The fourth-order valence-electron chi connectivity index (χ4n) is 3.54. The zero-order valence-corrected chi connectivity index (χ0v) is 16.3. The van der Waals surface area contributed by atoms with Crippen molar-refractivity contribution < 1.29 is 9.32 Å². The smallest absolute Gasteiger partial charge is 0.254 e. The van der Waals surface area contributed by atoms with Crippen molar-refractivity contribution in [3.05, 3.63) is 71.1 Å². The summed E-state index contributed by atoms with van der Waals surface area (Å²) in [5.74, 6) is 1.34. The van der Waals surface area contributed by atoms with Crippen LogP contribution < -0.4 is 0 Å². The van der Waals surface area contributed by atoms with E-state index in [1.54, 1.807) is 0 Å². The molecular weight excluding hydrogens is 352 g/mol. The van der Waals surface area contributed by atoms with Gasteiger partial charge in [-0.15, -0.1) is 0 Å². The fraction of sp³-hybridized carbons (Fsp3) is 0.318. The van der Waals surface area contributed by atoms with Crippen molar-refractivity contribution in [1.82, 2.24) is 19.9 Å². The number of rotatable bonds is 4. The Morgan fingerprint density at radius 2 is 1.64 bits per heavy atom. The first-order valence-corrected chi connectivity index (χ1v) is 9.57. The van der Waals surface area contributed by atoms with Crippen molar-refractivity contribution >= 4 is 5.91 Å². The number of nitrogens with zero attached hydrogens (tertiary/aromatic N) is 4. The molecule has 0 bridgehead atoms. The molecule has 0 N–H and O–H groups in total. The van der Waals surface area contributed by atoms with Gasteiger partial charge in [-0.25, -0.2) is 0 Å². The Morgan fingerprint density at radius 1 is 0.964 bits per heavy atom. The molecular formula is C22H24N4O2. The molecule has 6 heteroatoms. The minimum absolute atomic E-state index is 0.109. The maximum absolute atomic E-state index is 12.7. The van der Waals surface area contributed by atoms with Gasteiger partial charge in [-0.2, -0.15) is 4.98 Å². The van der Waals surface area contributed by atoms with Crippen LogP contribution in [0.15, 0.2) is 53.1 Å². The highest BCUT2D eigenvalue weighted by Gasteiger charge is 2.24. The van der Waals surface area contributed by atoms with Crippen LogP contribution in [0.3, 0.4) is 0 Å². The Hall–Kier alpha value is -2.99. The molecule has 2 heterocycles. The topological polar surface area (TPSA) is 62.5 Å². The summed E-state index contributed by atoms with van der Waals surface area (Å²) >= 11 is 0. The molecule has 1 fully saturated rings. The maximum Gasteiger partial charge on any atom is 0.254 e. The molecule has 2 aromatic carbocycles. The first-order valence-electron chi connectivity index (χ1n) is 9.57. The summed E-state index contributed by atoms with van der Waals surface area (Å²) in [5.41, 5.74) is 3.92. The number of aromatic nitrogens is 2. The van der Waals surface area contributed by atoms with E-state index >= 15 is 0 Å². The summed E-state index contributed by atoms with van der Waals surface area (Å²) in [5, 5.41) is 4.13. The van der Waals surface area contributed by atoms with Gasteiger partial charge in [-0.1, -0.05) is 47.6 Å². The minimum atomic E-state index is 0.109. The number of carbonyl (C=O) groups is 1. The van der Waals surface area contributed by atoms with E-state index in [0.29, 0.717) is 31.3 Å². The monoisotopic (exact) mass is 376 g/mol. The fourth-order valence-corrected chi connectivity index (χ4v) is 3.54. The van der Waals surface area contributed by atoms with Gasteiger partial charge < -0.3 is 9.42 Å². The van der Waals surface area contributed by atoms with Crippen LogP contribution in [0, 0.1) is 13.8 Å². The third-order valence-corrected chi connectivity index (χ3v) is 5.25. The van der Waals surface area contributed by atoms with Crippen LogP contribution in [0.4, 0.5) is 0 Å². The summed E-state index contributed by atoms with van der Waals surface area (Å²) in [6, 6.07) is 15.8. The number of benzene rings is 2. The van der Waals surface area contributed by atoms with E-state index in [1.165, 1.54) is 0 Å². The maximum atomic E-state index is 12.7. The van der Waals surface area contributed by atoms with Gasteiger partial charge >= 0.3 is 0 Å². The van der Waals surface area contributed by atoms with E-state index in [1.807, 2.05) is 67.3 Å². The van der Waals surface area contributed by atoms with E-state index < -0.39 is 0 Å². The highest BCUT2D eigenvalue weighted by Crippen LogP contribution is 2.20. The quantitative estimate of drug-likeness (QED) is 0.699. The molecule has 6 nitrogen and oxygen atoms in total. The average Bonchev–Trinajstić information content (AvgIpc) is 3.17. The lowest BCUT2D eigenvalue weighted by Gasteiger charge is -2.34. The van der Waals surface area contributed by atoms with E-state index in [0.717, 1.165) is 35.3 Å². The van der Waals surface area contributed by atoms with Crippen molar-refractivity contribution in [2.75, 3.05) is 26.2 Å². The molecule has 1 aliphatic heterocycles. The SMILES string of the molecule is Cc1ccccc1C(=O)N1CCN(Cc2nc(-c3ccccc3C)no2)CC1. The Labute approximate surface area is 164 Å². The normalized spacial score (nSPS) is 15.0. The second-order valence-electron chi connectivity index (χ2n) is 7.21. The molecule has 1 saturated heterocycles. The van der Waals surface area contributed by atoms with Crippen LogP contribution in [-0.2, 0) is 6.54 Å². The lowest BCUT2D eigenvalue weighted by Crippen LogP contribution is -2.48. The van der Waals surface area contributed by atoms with E-state index in [9.17, 15) is 4.79 Å². The van der Waals surface area contributed by atoms with Crippen LogP contribution >= 0.6 is 0 Å². The second-order valence-corrected chi connectivity index (χ2v) is 7.21. The molecule has 3 aromatic rings.